The number of aryl methyl sites for hydroxylation is 1. The van der Waals surface area contributed by atoms with Gasteiger partial charge in [0.1, 0.15) is 11.6 Å². The van der Waals surface area contributed by atoms with E-state index in [-0.39, 0.29) is 0 Å². The first-order valence-corrected chi connectivity index (χ1v) is 8.07. The van der Waals surface area contributed by atoms with E-state index in [1.165, 1.54) is 0 Å². The average Bonchev–Trinajstić information content (AvgIpc) is 2.89. The van der Waals surface area contributed by atoms with Gasteiger partial charge in [-0.05, 0) is 34.0 Å². The smallest absolute Gasteiger partial charge is 0.150 e. The predicted octanol–water partition coefficient (Wildman–Crippen LogP) is 3.90. The minimum absolute atomic E-state index is 0.323. The van der Waals surface area contributed by atoms with Crippen LogP contribution in [0, 0.1) is 0 Å². The number of hydrogen-bond donors (Lipinski definition) is 1. The maximum Gasteiger partial charge on any atom is 0.150 e. The summed E-state index contributed by atoms with van der Waals surface area (Å²) < 4.78 is 2.71. The topological polar surface area (TPSA) is 68.5 Å². The fraction of sp³-hybridized carbons (Fsp3) is 0.250. The molecule has 0 radical (unpaired) electrons. The molecule has 3 aromatic heterocycles. The third-order valence-corrected chi connectivity index (χ3v) is 3.90. The molecular formula is C16H17BrN6. The largest absolute Gasteiger partial charge is 0.323 e. The van der Waals surface area contributed by atoms with Crippen LogP contribution in [0.15, 0.2) is 41.4 Å². The molecule has 0 unspecified atom stereocenters. The Labute approximate surface area is 143 Å². The van der Waals surface area contributed by atoms with Crippen LogP contribution in [0.5, 0.6) is 0 Å². The molecule has 1 N–H and O–H groups in total. The lowest BCUT2D eigenvalue weighted by molar-refractivity contribution is 0.774. The maximum atomic E-state index is 4.59. The first-order valence-electron chi connectivity index (χ1n) is 7.27. The lowest BCUT2D eigenvalue weighted by Crippen LogP contribution is -2.04. The Morgan fingerprint density at radius 2 is 1.96 bits per heavy atom. The van der Waals surface area contributed by atoms with Crippen LogP contribution in [0.2, 0.25) is 0 Å². The lowest BCUT2D eigenvalue weighted by atomic mass is 10.1. The summed E-state index contributed by atoms with van der Waals surface area (Å²) in [5.74, 6) is 1.84. The van der Waals surface area contributed by atoms with Crippen LogP contribution < -0.4 is 5.32 Å². The van der Waals surface area contributed by atoms with Gasteiger partial charge in [-0.1, -0.05) is 13.8 Å². The number of nitrogens with zero attached hydrogens (tertiary/aromatic N) is 5. The molecule has 0 amide bonds. The van der Waals surface area contributed by atoms with Crippen LogP contribution in [0.4, 0.5) is 11.6 Å². The molecule has 0 aliphatic rings. The van der Waals surface area contributed by atoms with Crippen molar-refractivity contribution in [2.75, 3.05) is 5.32 Å². The zero-order valence-corrected chi connectivity index (χ0v) is 14.7. The number of aromatic nitrogens is 5. The van der Waals surface area contributed by atoms with Crippen molar-refractivity contribution in [1.82, 2.24) is 24.7 Å². The van der Waals surface area contributed by atoms with Gasteiger partial charge in [-0.25, -0.2) is 4.98 Å². The average molecular weight is 373 g/mol. The molecule has 6 nitrogen and oxygen atoms in total. The second kappa shape index (κ2) is 6.45. The quantitative estimate of drug-likeness (QED) is 0.751. The zero-order valence-electron chi connectivity index (χ0n) is 13.2. The van der Waals surface area contributed by atoms with Crippen LogP contribution in [0.1, 0.15) is 25.5 Å². The second-order valence-electron chi connectivity index (χ2n) is 5.50. The van der Waals surface area contributed by atoms with E-state index in [0.717, 1.165) is 27.2 Å². The summed E-state index contributed by atoms with van der Waals surface area (Å²) in [6, 6.07) is 3.90. The summed E-state index contributed by atoms with van der Waals surface area (Å²) in [6.45, 7) is 4.18. The van der Waals surface area contributed by atoms with Crippen molar-refractivity contribution in [3.63, 3.8) is 0 Å². The summed E-state index contributed by atoms with van der Waals surface area (Å²) in [7, 11) is 1.88. The third kappa shape index (κ3) is 3.39. The summed E-state index contributed by atoms with van der Waals surface area (Å²) in [5, 5.41) is 7.63. The van der Waals surface area contributed by atoms with Crippen molar-refractivity contribution in [2.24, 2.45) is 7.05 Å². The molecule has 0 aromatic carbocycles. The Kier molecular flexibility index (Phi) is 4.38. The van der Waals surface area contributed by atoms with Gasteiger partial charge in [0.15, 0.2) is 0 Å². The van der Waals surface area contributed by atoms with E-state index in [0.29, 0.717) is 11.7 Å². The SMILES string of the molecule is CC(C)c1cncc(Nc2c(-c3ccc(Br)cn3)cnn2C)n1. The van der Waals surface area contributed by atoms with Gasteiger partial charge >= 0.3 is 0 Å². The number of pyridine rings is 1. The van der Waals surface area contributed by atoms with E-state index >= 15 is 0 Å². The molecule has 0 bridgehead atoms. The Morgan fingerprint density at radius 3 is 2.65 bits per heavy atom. The number of rotatable bonds is 4. The molecule has 0 aliphatic heterocycles. The number of hydrogen-bond acceptors (Lipinski definition) is 5. The molecule has 3 rings (SSSR count). The van der Waals surface area contributed by atoms with Crippen LogP contribution in [0.3, 0.4) is 0 Å². The highest BCUT2D eigenvalue weighted by molar-refractivity contribution is 9.10. The minimum atomic E-state index is 0.323. The van der Waals surface area contributed by atoms with Gasteiger partial charge in [-0.2, -0.15) is 5.10 Å². The van der Waals surface area contributed by atoms with Crippen molar-refractivity contribution in [3.05, 3.63) is 47.1 Å². The van der Waals surface area contributed by atoms with E-state index in [4.69, 9.17) is 0 Å². The normalized spacial score (nSPS) is 11.0. The fourth-order valence-corrected chi connectivity index (χ4v) is 2.38. The van der Waals surface area contributed by atoms with Gasteiger partial charge in [0, 0.05) is 23.9 Å². The number of halogens is 1. The van der Waals surface area contributed by atoms with Crippen LogP contribution >= 0.6 is 15.9 Å². The summed E-state index contributed by atoms with van der Waals surface area (Å²) >= 11 is 3.40. The molecule has 0 fully saturated rings. The van der Waals surface area contributed by atoms with E-state index in [1.54, 1.807) is 29.5 Å². The molecule has 3 aromatic rings. The molecule has 0 spiro atoms. The van der Waals surface area contributed by atoms with Crippen molar-refractivity contribution in [3.8, 4) is 11.3 Å². The Bertz CT molecular complexity index is 810. The minimum Gasteiger partial charge on any atom is -0.323 e. The highest BCUT2D eigenvalue weighted by Gasteiger charge is 2.13. The lowest BCUT2D eigenvalue weighted by Gasteiger charge is -2.10. The Balaban J connectivity index is 1.96. The van der Waals surface area contributed by atoms with Crippen LogP contribution in [0.25, 0.3) is 11.3 Å². The first-order chi connectivity index (χ1) is 11.0. The van der Waals surface area contributed by atoms with Crippen molar-refractivity contribution >= 4 is 27.6 Å². The molecule has 0 atom stereocenters. The van der Waals surface area contributed by atoms with Gasteiger partial charge in [-0.3, -0.25) is 14.6 Å². The second-order valence-corrected chi connectivity index (χ2v) is 6.42. The van der Waals surface area contributed by atoms with Crippen molar-refractivity contribution < 1.29 is 0 Å². The standard InChI is InChI=1S/C16H17BrN6/c1-10(2)14-8-18-9-15(21-14)22-16-12(7-20-23(16)3)13-5-4-11(17)6-19-13/h4-10H,1-3H3,(H,21,22). The van der Waals surface area contributed by atoms with E-state index in [9.17, 15) is 0 Å². The van der Waals surface area contributed by atoms with Gasteiger partial charge < -0.3 is 5.32 Å². The first kappa shape index (κ1) is 15.6. The fourth-order valence-electron chi connectivity index (χ4n) is 2.15. The van der Waals surface area contributed by atoms with E-state index < -0.39 is 0 Å². The predicted molar refractivity (Wildman–Crippen MR) is 93.5 cm³/mol. The van der Waals surface area contributed by atoms with Crippen molar-refractivity contribution in [1.29, 1.82) is 0 Å². The Hall–Kier alpha value is -2.28. The van der Waals surface area contributed by atoms with Gasteiger partial charge in [0.2, 0.25) is 0 Å². The van der Waals surface area contributed by atoms with Gasteiger partial charge in [0.05, 0.1) is 29.3 Å². The van der Waals surface area contributed by atoms with Crippen LogP contribution in [-0.2, 0) is 7.05 Å². The molecule has 118 valence electrons. The summed E-state index contributed by atoms with van der Waals surface area (Å²) in [4.78, 5) is 13.3. The van der Waals surface area contributed by atoms with Crippen LogP contribution in [-0.4, -0.2) is 24.7 Å². The Morgan fingerprint density at radius 1 is 1.13 bits per heavy atom. The number of nitrogens with one attached hydrogen (secondary N) is 1. The maximum absolute atomic E-state index is 4.59. The molecular weight excluding hydrogens is 356 g/mol. The molecule has 3 heterocycles. The summed E-state index contributed by atoms with van der Waals surface area (Å²) in [6.07, 6.45) is 7.05. The third-order valence-electron chi connectivity index (χ3n) is 3.43. The highest BCUT2D eigenvalue weighted by Crippen LogP contribution is 2.28. The van der Waals surface area contributed by atoms with Crippen molar-refractivity contribution in [2.45, 2.75) is 19.8 Å². The number of anilines is 2. The van der Waals surface area contributed by atoms with E-state index in [2.05, 4.69) is 55.1 Å². The molecule has 0 aliphatic carbocycles. The van der Waals surface area contributed by atoms with Gasteiger partial charge in [-0.15, -0.1) is 0 Å². The highest BCUT2D eigenvalue weighted by atomic mass is 79.9. The zero-order chi connectivity index (χ0) is 16.4. The molecule has 7 heteroatoms. The molecule has 23 heavy (non-hydrogen) atoms. The monoisotopic (exact) mass is 372 g/mol. The van der Waals surface area contributed by atoms with E-state index in [1.807, 2.05) is 19.2 Å². The molecule has 0 saturated heterocycles. The van der Waals surface area contributed by atoms with Gasteiger partial charge in [0.25, 0.3) is 0 Å². The summed E-state index contributed by atoms with van der Waals surface area (Å²) in [5.41, 5.74) is 2.70. The molecule has 0 saturated carbocycles.